The van der Waals surface area contributed by atoms with Gasteiger partial charge in [-0.3, -0.25) is 0 Å². The molecule has 0 aliphatic heterocycles. The smallest absolute Gasteiger partial charge is 0.0930 e. The first kappa shape index (κ1) is 10.2. The Hall–Kier alpha value is 0.250. The SMILES string of the molecule is CCCCC([O])CCCCl. The molecule has 10 heavy (non-hydrogen) atoms. The van der Waals surface area contributed by atoms with Gasteiger partial charge in [-0.05, 0) is 19.3 Å². The Labute approximate surface area is 68.4 Å². The predicted octanol–water partition coefficient (Wildman–Crippen LogP) is 2.99. The molecule has 0 saturated carbocycles. The normalized spacial score (nSPS) is 13.5. The quantitative estimate of drug-likeness (QED) is 0.537. The molecule has 0 aromatic heterocycles. The molecule has 2 heteroatoms. The maximum Gasteiger partial charge on any atom is 0.0930 e. The lowest BCUT2D eigenvalue weighted by Gasteiger charge is -2.04. The van der Waals surface area contributed by atoms with Crippen molar-refractivity contribution in [3.8, 4) is 0 Å². The minimum atomic E-state index is -0.362. The lowest BCUT2D eigenvalue weighted by atomic mass is 10.1. The predicted molar refractivity (Wildman–Crippen MR) is 44.0 cm³/mol. The molecule has 0 heterocycles. The van der Waals surface area contributed by atoms with Crippen molar-refractivity contribution < 1.29 is 5.11 Å². The van der Waals surface area contributed by atoms with Gasteiger partial charge >= 0.3 is 0 Å². The average Bonchev–Trinajstić information content (AvgIpc) is 1.97. The van der Waals surface area contributed by atoms with Crippen LogP contribution in [0.15, 0.2) is 0 Å². The van der Waals surface area contributed by atoms with Crippen LogP contribution in [0, 0.1) is 0 Å². The summed E-state index contributed by atoms with van der Waals surface area (Å²) >= 11 is 5.44. The molecular weight excluding hydrogens is 148 g/mol. The van der Waals surface area contributed by atoms with Crippen molar-refractivity contribution in [3.63, 3.8) is 0 Å². The van der Waals surface area contributed by atoms with Crippen molar-refractivity contribution in [3.05, 3.63) is 0 Å². The second-order valence-electron chi connectivity index (χ2n) is 2.60. The van der Waals surface area contributed by atoms with E-state index in [4.69, 9.17) is 11.6 Å². The summed E-state index contributed by atoms with van der Waals surface area (Å²) in [5, 5.41) is 11.0. The average molecular weight is 164 g/mol. The van der Waals surface area contributed by atoms with Gasteiger partial charge in [-0.25, -0.2) is 5.11 Å². The number of rotatable bonds is 6. The van der Waals surface area contributed by atoms with E-state index in [9.17, 15) is 5.11 Å². The van der Waals surface area contributed by atoms with Crippen LogP contribution in [0.5, 0.6) is 0 Å². The molecule has 0 rings (SSSR count). The molecule has 0 aromatic rings. The second kappa shape index (κ2) is 7.36. The topological polar surface area (TPSA) is 19.9 Å². The maximum atomic E-state index is 11.0. The van der Waals surface area contributed by atoms with Crippen LogP contribution in [0.2, 0.25) is 0 Å². The fourth-order valence-electron chi connectivity index (χ4n) is 0.881. The van der Waals surface area contributed by atoms with E-state index in [-0.39, 0.29) is 6.10 Å². The zero-order chi connectivity index (χ0) is 7.82. The van der Waals surface area contributed by atoms with Gasteiger partial charge in [-0.1, -0.05) is 19.8 Å². The Morgan fingerprint density at radius 3 is 2.40 bits per heavy atom. The molecule has 0 N–H and O–H groups in total. The number of hydrogen-bond acceptors (Lipinski definition) is 0. The van der Waals surface area contributed by atoms with E-state index in [2.05, 4.69) is 6.92 Å². The molecule has 1 radical (unpaired) electrons. The molecular formula is C8H16ClO. The van der Waals surface area contributed by atoms with Crippen molar-refractivity contribution in [2.45, 2.75) is 45.1 Å². The van der Waals surface area contributed by atoms with E-state index in [0.29, 0.717) is 5.88 Å². The zero-order valence-electron chi connectivity index (χ0n) is 6.61. The maximum absolute atomic E-state index is 11.0. The Kier molecular flexibility index (Phi) is 7.54. The van der Waals surface area contributed by atoms with Gasteiger partial charge in [0.05, 0.1) is 6.10 Å². The first-order valence-corrected chi connectivity index (χ1v) is 4.56. The summed E-state index contributed by atoms with van der Waals surface area (Å²) in [6.45, 7) is 2.11. The molecule has 0 aromatic carbocycles. The molecule has 0 bridgehead atoms. The van der Waals surface area contributed by atoms with Gasteiger partial charge in [-0.2, -0.15) is 0 Å². The molecule has 61 valence electrons. The fraction of sp³-hybridized carbons (Fsp3) is 1.00. The third-order valence-electron chi connectivity index (χ3n) is 1.54. The van der Waals surface area contributed by atoms with Gasteiger partial charge in [0.25, 0.3) is 0 Å². The van der Waals surface area contributed by atoms with E-state index >= 15 is 0 Å². The fourth-order valence-corrected chi connectivity index (χ4v) is 1.04. The van der Waals surface area contributed by atoms with Crippen LogP contribution in [0.25, 0.3) is 0 Å². The van der Waals surface area contributed by atoms with Crippen LogP contribution in [-0.2, 0) is 5.11 Å². The van der Waals surface area contributed by atoms with E-state index in [0.717, 1.165) is 32.1 Å². The van der Waals surface area contributed by atoms with Crippen LogP contribution in [-0.4, -0.2) is 12.0 Å². The summed E-state index contributed by atoms with van der Waals surface area (Å²) in [5.74, 6) is 0.630. The summed E-state index contributed by atoms with van der Waals surface area (Å²) in [5.41, 5.74) is 0. The minimum Gasteiger partial charge on any atom is -0.233 e. The summed E-state index contributed by atoms with van der Waals surface area (Å²) in [6, 6.07) is 0. The lowest BCUT2D eigenvalue weighted by Crippen LogP contribution is -2.03. The third kappa shape index (κ3) is 6.37. The standard InChI is InChI=1S/C8H16ClO/c1-2-3-5-8(10)6-4-7-9/h8H,2-7H2,1H3. The number of unbranched alkanes of at least 4 members (excludes halogenated alkanes) is 1. The van der Waals surface area contributed by atoms with Gasteiger partial charge in [0.15, 0.2) is 0 Å². The van der Waals surface area contributed by atoms with Crippen LogP contribution < -0.4 is 0 Å². The monoisotopic (exact) mass is 163 g/mol. The van der Waals surface area contributed by atoms with Crippen LogP contribution in [0.1, 0.15) is 39.0 Å². The lowest BCUT2D eigenvalue weighted by molar-refractivity contribution is 0.0713. The first-order chi connectivity index (χ1) is 4.81. The van der Waals surface area contributed by atoms with Gasteiger partial charge in [0.1, 0.15) is 0 Å². The van der Waals surface area contributed by atoms with Gasteiger partial charge in [-0.15, -0.1) is 11.6 Å². The summed E-state index contributed by atoms with van der Waals surface area (Å²) in [7, 11) is 0. The molecule has 0 fully saturated rings. The molecule has 0 aliphatic carbocycles. The summed E-state index contributed by atoms with van der Waals surface area (Å²) in [6.07, 6.45) is 4.28. The van der Waals surface area contributed by atoms with E-state index < -0.39 is 0 Å². The van der Waals surface area contributed by atoms with E-state index in [1.54, 1.807) is 0 Å². The molecule has 1 unspecified atom stereocenters. The van der Waals surface area contributed by atoms with Crippen LogP contribution in [0.4, 0.5) is 0 Å². The van der Waals surface area contributed by atoms with Gasteiger partial charge in [0.2, 0.25) is 0 Å². The Morgan fingerprint density at radius 2 is 1.90 bits per heavy atom. The van der Waals surface area contributed by atoms with Crippen molar-refractivity contribution in [1.82, 2.24) is 0 Å². The van der Waals surface area contributed by atoms with Crippen molar-refractivity contribution >= 4 is 11.6 Å². The second-order valence-corrected chi connectivity index (χ2v) is 2.97. The Bertz CT molecular complexity index is 58.3. The Morgan fingerprint density at radius 1 is 1.30 bits per heavy atom. The highest BCUT2D eigenvalue weighted by Crippen LogP contribution is 2.07. The van der Waals surface area contributed by atoms with Crippen molar-refractivity contribution in [2.24, 2.45) is 0 Å². The molecule has 0 amide bonds. The molecule has 1 atom stereocenters. The number of alkyl halides is 1. The van der Waals surface area contributed by atoms with Crippen LogP contribution in [0.3, 0.4) is 0 Å². The molecule has 0 spiro atoms. The third-order valence-corrected chi connectivity index (χ3v) is 1.81. The molecule has 1 nitrogen and oxygen atoms in total. The highest BCUT2D eigenvalue weighted by Gasteiger charge is 2.03. The van der Waals surface area contributed by atoms with Crippen LogP contribution >= 0.6 is 11.6 Å². The first-order valence-electron chi connectivity index (χ1n) is 4.03. The Balaban J connectivity index is 3.00. The minimum absolute atomic E-state index is 0.362. The van der Waals surface area contributed by atoms with Gasteiger partial charge in [0, 0.05) is 5.88 Å². The van der Waals surface area contributed by atoms with E-state index in [1.807, 2.05) is 0 Å². The summed E-state index contributed by atoms with van der Waals surface area (Å²) in [4.78, 5) is 0. The largest absolute Gasteiger partial charge is 0.233 e. The highest BCUT2D eigenvalue weighted by molar-refractivity contribution is 6.17. The van der Waals surface area contributed by atoms with Crippen molar-refractivity contribution in [1.29, 1.82) is 0 Å². The molecule has 0 aliphatic rings. The number of halogens is 1. The zero-order valence-corrected chi connectivity index (χ0v) is 7.36. The molecule has 0 saturated heterocycles. The van der Waals surface area contributed by atoms with Gasteiger partial charge < -0.3 is 0 Å². The highest BCUT2D eigenvalue weighted by atomic mass is 35.5. The van der Waals surface area contributed by atoms with Crippen molar-refractivity contribution in [2.75, 3.05) is 5.88 Å². The summed E-state index contributed by atoms with van der Waals surface area (Å²) < 4.78 is 0. The van der Waals surface area contributed by atoms with E-state index in [1.165, 1.54) is 0 Å². The number of hydrogen-bond donors (Lipinski definition) is 0.